The van der Waals surface area contributed by atoms with Gasteiger partial charge >= 0.3 is 0 Å². The number of nitrogens with two attached hydrogens (primary N) is 1. The number of carbonyl (C=O) groups is 1. The molecule has 3 N–H and O–H groups in total. The lowest BCUT2D eigenvalue weighted by Crippen LogP contribution is -2.11. The minimum Gasteiger partial charge on any atom is -0.507 e. The van der Waals surface area contributed by atoms with Gasteiger partial charge in [-0.15, -0.1) is 0 Å². The highest BCUT2D eigenvalue weighted by atomic mass is 16.3. The van der Waals surface area contributed by atoms with Gasteiger partial charge in [0.05, 0.1) is 0 Å². The number of carbonyl (C=O) groups excluding carboxylic acids is 1. The van der Waals surface area contributed by atoms with Gasteiger partial charge in [0.1, 0.15) is 5.75 Å². The van der Waals surface area contributed by atoms with E-state index in [1.165, 1.54) is 0 Å². The van der Waals surface area contributed by atoms with Gasteiger partial charge < -0.3 is 10.8 Å². The number of para-hydroxylation sites is 1. The van der Waals surface area contributed by atoms with Gasteiger partial charge in [-0.05, 0) is 34.5 Å². The number of amides is 1. The molecule has 98 valence electrons. The second-order valence-corrected chi connectivity index (χ2v) is 4.63. The number of primary amides is 1. The summed E-state index contributed by atoms with van der Waals surface area (Å²) in [7, 11) is 0. The SMILES string of the molecule is NC(=O)c1cc(-c2ccccc2O)cc2ccccc12. The first kappa shape index (κ1) is 12.2. The lowest BCUT2D eigenvalue weighted by Gasteiger charge is -2.09. The van der Waals surface area contributed by atoms with Crippen LogP contribution < -0.4 is 5.73 Å². The predicted molar refractivity (Wildman–Crippen MR) is 79.6 cm³/mol. The molecule has 0 aliphatic heterocycles. The Morgan fingerprint density at radius 1 is 0.950 bits per heavy atom. The average Bonchev–Trinajstić information content (AvgIpc) is 2.46. The summed E-state index contributed by atoms with van der Waals surface area (Å²) in [5, 5.41) is 11.7. The molecular formula is C17H13NO2. The van der Waals surface area contributed by atoms with Crippen LogP contribution in [-0.2, 0) is 0 Å². The monoisotopic (exact) mass is 263 g/mol. The molecule has 3 heteroatoms. The zero-order valence-corrected chi connectivity index (χ0v) is 10.7. The summed E-state index contributed by atoms with van der Waals surface area (Å²) < 4.78 is 0. The summed E-state index contributed by atoms with van der Waals surface area (Å²) in [4.78, 5) is 11.6. The van der Waals surface area contributed by atoms with E-state index in [0.29, 0.717) is 11.1 Å². The van der Waals surface area contributed by atoms with Crippen molar-refractivity contribution in [1.82, 2.24) is 0 Å². The van der Waals surface area contributed by atoms with Gasteiger partial charge in [0, 0.05) is 11.1 Å². The molecule has 3 rings (SSSR count). The molecule has 3 aromatic rings. The van der Waals surface area contributed by atoms with Crippen LogP contribution in [0, 0.1) is 0 Å². The molecule has 0 bridgehead atoms. The third kappa shape index (κ3) is 1.99. The van der Waals surface area contributed by atoms with Gasteiger partial charge in [-0.2, -0.15) is 0 Å². The third-order valence-corrected chi connectivity index (χ3v) is 3.34. The quantitative estimate of drug-likeness (QED) is 0.745. The minimum absolute atomic E-state index is 0.179. The lowest BCUT2D eigenvalue weighted by molar-refractivity contribution is 0.100. The van der Waals surface area contributed by atoms with Crippen LogP contribution in [0.3, 0.4) is 0 Å². The lowest BCUT2D eigenvalue weighted by atomic mass is 9.96. The summed E-state index contributed by atoms with van der Waals surface area (Å²) in [6.45, 7) is 0. The van der Waals surface area contributed by atoms with Crippen molar-refractivity contribution in [2.45, 2.75) is 0 Å². The van der Waals surface area contributed by atoms with Gasteiger partial charge in [-0.3, -0.25) is 4.79 Å². The second-order valence-electron chi connectivity index (χ2n) is 4.63. The number of rotatable bonds is 2. The minimum atomic E-state index is -0.474. The van der Waals surface area contributed by atoms with E-state index < -0.39 is 5.91 Å². The first-order chi connectivity index (χ1) is 9.66. The smallest absolute Gasteiger partial charge is 0.249 e. The maximum absolute atomic E-state index is 11.6. The van der Waals surface area contributed by atoms with Crippen LogP contribution in [0.25, 0.3) is 21.9 Å². The fourth-order valence-electron chi connectivity index (χ4n) is 2.39. The highest BCUT2D eigenvalue weighted by Crippen LogP contribution is 2.32. The molecule has 0 atom stereocenters. The first-order valence-corrected chi connectivity index (χ1v) is 6.28. The van der Waals surface area contributed by atoms with Crippen molar-refractivity contribution in [1.29, 1.82) is 0 Å². The first-order valence-electron chi connectivity index (χ1n) is 6.28. The highest BCUT2D eigenvalue weighted by Gasteiger charge is 2.11. The van der Waals surface area contributed by atoms with Crippen molar-refractivity contribution in [2.75, 3.05) is 0 Å². The Labute approximate surface area is 116 Å². The Morgan fingerprint density at radius 3 is 2.40 bits per heavy atom. The molecule has 0 saturated carbocycles. The molecule has 20 heavy (non-hydrogen) atoms. The zero-order chi connectivity index (χ0) is 14.1. The topological polar surface area (TPSA) is 63.3 Å². The summed E-state index contributed by atoms with van der Waals surface area (Å²) in [6, 6.07) is 18.3. The number of hydrogen-bond acceptors (Lipinski definition) is 2. The molecule has 3 nitrogen and oxygen atoms in total. The largest absolute Gasteiger partial charge is 0.507 e. The number of fused-ring (bicyclic) bond motifs is 1. The fraction of sp³-hybridized carbons (Fsp3) is 0. The molecule has 3 aromatic carbocycles. The van der Waals surface area contributed by atoms with Crippen LogP contribution in [0.5, 0.6) is 5.75 Å². The molecule has 0 aromatic heterocycles. The summed E-state index contributed by atoms with van der Waals surface area (Å²) in [5.41, 5.74) is 7.38. The van der Waals surface area contributed by atoms with Crippen LogP contribution in [0.15, 0.2) is 60.7 Å². The fourth-order valence-corrected chi connectivity index (χ4v) is 2.39. The Bertz CT molecular complexity index is 809. The van der Waals surface area contributed by atoms with Crippen LogP contribution in [-0.4, -0.2) is 11.0 Å². The summed E-state index contributed by atoms with van der Waals surface area (Å²) >= 11 is 0. The average molecular weight is 263 g/mol. The van der Waals surface area contributed by atoms with Crippen molar-refractivity contribution in [3.63, 3.8) is 0 Å². The van der Waals surface area contributed by atoms with Gasteiger partial charge in [0.2, 0.25) is 5.91 Å². The maximum atomic E-state index is 11.6. The number of benzene rings is 3. The van der Waals surface area contributed by atoms with E-state index in [0.717, 1.165) is 16.3 Å². The van der Waals surface area contributed by atoms with Crippen molar-refractivity contribution in [3.05, 3.63) is 66.2 Å². The van der Waals surface area contributed by atoms with Crippen LogP contribution in [0.4, 0.5) is 0 Å². The normalized spacial score (nSPS) is 10.6. The number of phenols is 1. The molecule has 0 aliphatic rings. The van der Waals surface area contributed by atoms with E-state index in [1.54, 1.807) is 18.2 Å². The second kappa shape index (κ2) is 4.70. The predicted octanol–water partition coefficient (Wildman–Crippen LogP) is 3.31. The summed E-state index contributed by atoms with van der Waals surface area (Å²) in [5.74, 6) is -0.295. The van der Waals surface area contributed by atoms with E-state index in [4.69, 9.17) is 5.73 Å². The highest BCUT2D eigenvalue weighted by molar-refractivity contribution is 6.08. The van der Waals surface area contributed by atoms with Gasteiger partial charge in [0.25, 0.3) is 0 Å². The van der Waals surface area contributed by atoms with Gasteiger partial charge in [-0.25, -0.2) is 0 Å². The van der Waals surface area contributed by atoms with Crippen molar-refractivity contribution >= 4 is 16.7 Å². The maximum Gasteiger partial charge on any atom is 0.249 e. The van der Waals surface area contributed by atoms with Gasteiger partial charge in [-0.1, -0.05) is 42.5 Å². The third-order valence-electron chi connectivity index (χ3n) is 3.34. The Hall–Kier alpha value is -2.81. The molecule has 0 heterocycles. The molecule has 0 aliphatic carbocycles. The zero-order valence-electron chi connectivity index (χ0n) is 10.7. The van der Waals surface area contributed by atoms with E-state index >= 15 is 0 Å². The molecule has 0 spiro atoms. The van der Waals surface area contributed by atoms with Crippen LogP contribution in [0.1, 0.15) is 10.4 Å². The number of aromatic hydroxyl groups is 1. The van der Waals surface area contributed by atoms with E-state index in [-0.39, 0.29) is 5.75 Å². The van der Waals surface area contributed by atoms with E-state index in [1.807, 2.05) is 42.5 Å². The molecule has 0 saturated heterocycles. The Morgan fingerprint density at radius 2 is 1.65 bits per heavy atom. The Kier molecular flexibility index (Phi) is 2.88. The van der Waals surface area contributed by atoms with E-state index in [9.17, 15) is 9.90 Å². The van der Waals surface area contributed by atoms with E-state index in [2.05, 4.69) is 0 Å². The molecule has 1 amide bonds. The Balaban J connectivity index is 2.33. The molecule has 0 fully saturated rings. The van der Waals surface area contributed by atoms with Crippen LogP contribution in [0.2, 0.25) is 0 Å². The molecular weight excluding hydrogens is 250 g/mol. The molecule has 0 unspecified atom stereocenters. The standard InChI is InChI=1S/C17H13NO2/c18-17(20)15-10-12(14-7-3-4-8-16(14)19)9-11-5-1-2-6-13(11)15/h1-10,19H,(H2,18,20). The van der Waals surface area contributed by atoms with Crippen molar-refractivity contribution in [2.24, 2.45) is 5.73 Å². The number of phenolic OH excluding ortho intramolecular Hbond substituents is 1. The van der Waals surface area contributed by atoms with Gasteiger partial charge in [0.15, 0.2) is 0 Å². The van der Waals surface area contributed by atoms with Crippen molar-refractivity contribution < 1.29 is 9.90 Å². The van der Waals surface area contributed by atoms with Crippen molar-refractivity contribution in [3.8, 4) is 16.9 Å². The summed E-state index contributed by atoms with van der Waals surface area (Å²) in [6.07, 6.45) is 0. The number of hydrogen-bond donors (Lipinski definition) is 2. The van der Waals surface area contributed by atoms with Crippen LogP contribution >= 0.6 is 0 Å². The molecule has 0 radical (unpaired) electrons.